The van der Waals surface area contributed by atoms with Crippen LogP contribution in [0.3, 0.4) is 0 Å². The highest BCUT2D eigenvalue weighted by Crippen LogP contribution is 2.24. The summed E-state index contributed by atoms with van der Waals surface area (Å²) in [5.74, 6) is 0.270. The maximum Gasteiger partial charge on any atom is 0.120 e. The summed E-state index contributed by atoms with van der Waals surface area (Å²) in [7, 11) is 0. The molecule has 1 aromatic carbocycles. The Morgan fingerprint density at radius 2 is 1.93 bits per heavy atom. The van der Waals surface area contributed by atoms with Crippen LogP contribution in [0.1, 0.15) is 24.4 Å². The molecule has 0 unspecified atom stereocenters. The number of benzene rings is 1. The second-order valence-electron chi connectivity index (χ2n) is 3.10. The van der Waals surface area contributed by atoms with Gasteiger partial charge in [-0.2, -0.15) is 0 Å². The van der Waals surface area contributed by atoms with Gasteiger partial charge >= 0.3 is 0 Å². The van der Waals surface area contributed by atoms with Gasteiger partial charge in [-0.3, -0.25) is 0 Å². The first-order valence-corrected chi connectivity index (χ1v) is 4.49. The van der Waals surface area contributed by atoms with Crippen molar-refractivity contribution in [2.45, 2.75) is 18.9 Å². The van der Waals surface area contributed by atoms with Gasteiger partial charge in [0.2, 0.25) is 0 Å². The van der Waals surface area contributed by atoms with Gasteiger partial charge in [0.1, 0.15) is 5.75 Å². The number of hydrogen-bond donors (Lipinski definition) is 3. The van der Waals surface area contributed by atoms with E-state index in [-0.39, 0.29) is 24.2 Å². The fourth-order valence-corrected chi connectivity index (χ4v) is 1.29. The molecule has 0 aliphatic heterocycles. The van der Waals surface area contributed by atoms with Gasteiger partial charge in [-0.25, -0.2) is 0 Å². The summed E-state index contributed by atoms with van der Waals surface area (Å²) in [6.45, 7) is 0.640. The lowest BCUT2D eigenvalue weighted by Crippen LogP contribution is -2.12. The molecule has 0 bridgehead atoms. The van der Waals surface area contributed by atoms with Crippen molar-refractivity contribution in [3.05, 3.63) is 29.8 Å². The van der Waals surface area contributed by atoms with Crippen molar-refractivity contribution in [3.8, 4) is 5.75 Å². The minimum Gasteiger partial charge on any atom is -0.508 e. The number of para-hydroxylation sites is 1. The fraction of sp³-hybridized carbons (Fsp3) is 0.400. The molecule has 0 amide bonds. The van der Waals surface area contributed by atoms with Crippen LogP contribution in [-0.4, -0.2) is 11.7 Å². The molecular formula is C10H17ClN2O. The molecule has 4 heteroatoms. The molecule has 3 nitrogen and oxygen atoms in total. The van der Waals surface area contributed by atoms with Crippen molar-refractivity contribution in [1.29, 1.82) is 0 Å². The maximum absolute atomic E-state index is 9.47. The van der Waals surface area contributed by atoms with Crippen LogP contribution in [0.4, 0.5) is 0 Å². The monoisotopic (exact) mass is 216 g/mol. The Labute approximate surface area is 90.5 Å². The molecule has 5 N–H and O–H groups in total. The summed E-state index contributed by atoms with van der Waals surface area (Å²) in [4.78, 5) is 0. The number of halogens is 1. The van der Waals surface area contributed by atoms with Gasteiger partial charge < -0.3 is 16.6 Å². The molecule has 1 atom stereocenters. The van der Waals surface area contributed by atoms with Crippen molar-refractivity contribution in [2.75, 3.05) is 6.54 Å². The topological polar surface area (TPSA) is 72.3 Å². The maximum atomic E-state index is 9.47. The van der Waals surface area contributed by atoms with Crippen LogP contribution in [0.5, 0.6) is 5.75 Å². The van der Waals surface area contributed by atoms with Crippen LogP contribution in [0.25, 0.3) is 0 Å². The van der Waals surface area contributed by atoms with E-state index < -0.39 is 0 Å². The van der Waals surface area contributed by atoms with Crippen molar-refractivity contribution in [1.82, 2.24) is 0 Å². The number of hydrogen-bond acceptors (Lipinski definition) is 3. The summed E-state index contributed by atoms with van der Waals surface area (Å²) >= 11 is 0. The van der Waals surface area contributed by atoms with Crippen LogP contribution in [0.2, 0.25) is 0 Å². The van der Waals surface area contributed by atoms with Gasteiger partial charge in [0.05, 0.1) is 0 Å². The van der Waals surface area contributed by atoms with Crippen LogP contribution in [0.15, 0.2) is 24.3 Å². The molecule has 0 saturated carbocycles. The van der Waals surface area contributed by atoms with Gasteiger partial charge in [-0.05, 0) is 25.5 Å². The first kappa shape index (κ1) is 13.2. The van der Waals surface area contributed by atoms with Crippen LogP contribution >= 0.6 is 12.4 Å². The lowest BCUT2D eigenvalue weighted by molar-refractivity contribution is 0.457. The SMILES string of the molecule is Cl.NCCC[C@H](N)c1ccccc1O. The standard InChI is InChI=1S/C10H16N2O.ClH/c11-7-3-5-9(12)8-4-1-2-6-10(8)13;/h1-2,4,6,9,13H,3,5,7,11-12H2;1H/t9-;/m0./s1. The molecule has 0 heterocycles. The zero-order valence-electron chi connectivity index (χ0n) is 8.02. The molecule has 80 valence electrons. The summed E-state index contributed by atoms with van der Waals surface area (Å²) in [5, 5.41) is 9.47. The van der Waals surface area contributed by atoms with Gasteiger partial charge in [-0.1, -0.05) is 18.2 Å². The third-order valence-electron chi connectivity index (χ3n) is 2.06. The van der Waals surface area contributed by atoms with Gasteiger partial charge in [0.25, 0.3) is 0 Å². The van der Waals surface area contributed by atoms with Crippen molar-refractivity contribution < 1.29 is 5.11 Å². The number of phenolic OH excluding ortho intramolecular Hbond substituents is 1. The van der Waals surface area contributed by atoms with Gasteiger partial charge in [-0.15, -0.1) is 12.4 Å². The minimum atomic E-state index is -0.107. The third kappa shape index (κ3) is 3.54. The van der Waals surface area contributed by atoms with Gasteiger partial charge in [0.15, 0.2) is 0 Å². The quantitative estimate of drug-likeness (QED) is 0.715. The summed E-state index contributed by atoms with van der Waals surface area (Å²) in [6, 6.07) is 7.05. The average Bonchev–Trinajstić information content (AvgIpc) is 2.15. The number of nitrogens with two attached hydrogens (primary N) is 2. The molecule has 0 saturated heterocycles. The Balaban J connectivity index is 0.00000169. The first-order chi connectivity index (χ1) is 6.25. The largest absolute Gasteiger partial charge is 0.508 e. The van der Waals surface area contributed by atoms with Crippen LogP contribution < -0.4 is 11.5 Å². The van der Waals surface area contributed by atoms with E-state index >= 15 is 0 Å². The normalized spacial score (nSPS) is 11.9. The minimum absolute atomic E-state index is 0. The van der Waals surface area contributed by atoms with E-state index in [9.17, 15) is 5.11 Å². The average molecular weight is 217 g/mol. The van der Waals surface area contributed by atoms with Crippen molar-refractivity contribution in [2.24, 2.45) is 11.5 Å². The second-order valence-corrected chi connectivity index (χ2v) is 3.10. The molecule has 1 aromatic rings. The highest BCUT2D eigenvalue weighted by molar-refractivity contribution is 5.85. The molecule has 14 heavy (non-hydrogen) atoms. The van der Waals surface area contributed by atoms with Crippen molar-refractivity contribution in [3.63, 3.8) is 0 Å². The predicted octanol–water partition coefficient (Wildman–Crippen LogP) is 1.55. The van der Waals surface area contributed by atoms with Crippen molar-refractivity contribution >= 4 is 12.4 Å². The number of phenols is 1. The molecule has 0 aliphatic rings. The lowest BCUT2D eigenvalue weighted by Gasteiger charge is -2.12. The van der Waals surface area contributed by atoms with E-state index in [0.717, 1.165) is 18.4 Å². The summed E-state index contributed by atoms with van der Waals surface area (Å²) < 4.78 is 0. The van der Waals surface area contributed by atoms with E-state index in [1.165, 1.54) is 0 Å². The molecular weight excluding hydrogens is 200 g/mol. The van der Waals surface area contributed by atoms with E-state index in [1.807, 2.05) is 12.1 Å². The number of aromatic hydroxyl groups is 1. The Morgan fingerprint density at radius 3 is 2.50 bits per heavy atom. The van der Waals surface area contributed by atoms with E-state index in [4.69, 9.17) is 11.5 Å². The Hall–Kier alpha value is -0.770. The second kappa shape index (κ2) is 6.65. The highest BCUT2D eigenvalue weighted by atomic mass is 35.5. The Bertz CT molecular complexity index is 268. The molecule has 0 spiro atoms. The summed E-state index contributed by atoms with van der Waals surface area (Å²) in [6.07, 6.45) is 1.70. The van der Waals surface area contributed by atoms with E-state index in [0.29, 0.717) is 6.54 Å². The predicted molar refractivity (Wildman–Crippen MR) is 60.6 cm³/mol. The lowest BCUT2D eigenvalue weighted by atomic mass is 10.0. The summed E-state index contributed by atoms with van der Waals surface area (Å²) in [5.41, 5.74) is 12.0. The molecule has 0 aliphatic carbocycles. The van der Waals surface area contributed by atoms with Crippen LogP contribution in [-0.2, 0) is 0 Å². The van der Waals surface area contributed by atoms with Crippen LogP contribution in [0, 0.1) is 0 Å². The third-order valence-corrected chi connectivity index (χ3v) is 2.06. The smallest absolute Gasteiger partial charge is 0.120 e. The van der Waals surface area contributed by atoms with Gasteiger partial charge in [0, 0.05) is 11.6 Å². The molecule has 0 radical (unpaired) electrons. The number of rotatable bonds is 4. The molecule has 1 rings (SSSR count). The molecule has 0 fully saturated rings. The van der Waals surface area contributed by atoms with E-state index in [2.05, 4.69) is 0 Å². The first-order valence-electron chi connectivity index (χ1n) is 4.49. The molecule has 0 aromatic heterocycles. The van der Waals surface area contributed by atoms with E-state index in [1.54, 1.807) is 12.1 Å². The zero-order chi connectivity index (χ0) is 9.68. The Kier molecular flexibility index (Phi) is 6.28. The zero-order valence-corrected chi connectivity index (χ0v) is 8.83. The Morgan fingerprint density at radius 1 is 1.29 bits per heavy atom. The highest BCUT2D eigenvalue weighted by Gasteiger charge is 2.08. The fourth-order valence-electron chi connectivity index (χ4n) is 1.29.